The van der Waals surface area contributed by atoms with Crippen LogP contribution in [0.5, 0.6) is 0 Å². The first-order chi connectivity index (χ1) is 11.8. The molecular weight excluding hydrogens is 336 g/mol. The Kier molecular flexibility index (Phi) is 6.64. The lowest BCUT2D eigenvalue weighted by Gasteiger charge is -2.09. The van der Waals surface area contributed by atoms with Crippen LogP contribution in [0.1, 0.15) is 40.0 Å². The molecule has 0 spiro atoms. The standard InChI is InChI=1S/C19H28N2O3S/c1-4-5-6-11-25(23,24)14-19(22)20-17-7-8-18-16(12-17)9-10-21(18)13-15(2)3/h7-10,12,15H,4-6,11,13-14H2,1-3H3,(H,20,22). The maximum atomic E-state index is 12.1. The van der Waals surface area contributed by atoms with E-state index in [4.69, 9.17) is 0 Å². The van der Waals surface area contributed by atoms with Crippen molar-refractivity contribution in [2.45, 2.75) is 46.6 Å². The molecule has 0 saturated carbocycles. The Morgan fingerprint density at radius 1 is 1.20 bits per heavy atom. The molecule has 0 radical (unpaired) electrons. The van der Waals surface area contributed by atoms with Gasteiger partial charge in [-0.05, 0) is 36.6 Å². The van der Waals surface area contributed by atoms with E-state index >= 15 is 0 Å². The fourth-order valence-electron chi connectivity index (χ4n) is 2.87. The minimum Gasteiger partial charge on any atom is -0.347 e. The van der Waals surface area contributed by atoms with Gasteiger partial charge >= 0.3 is 0 Å². The molecule has 0 bridgehead atoms. The fraction of sp³-hybridized carbons (Fsp3) is 0.526. The number of hydrogen-bond acceptors (Lipinski definition) is 3. The summed E-state index contributed by atoms with van der Waals surface area (Å²) in [4.78, 5) is 12.1. The highest BCUT2D eigenvalue weighted by Crippen LogP contribution is 2.21. The predicted molar refractivity (Wildman–Crippen MR) is 104 cm³/mol. The summed E-state index contributed by atoms with van der Waals surface area (Å²) < 4.78 is 26.1. The van der Waals surface area contributed by atoms with Gasteiger partial charge in [-0.2, -0.15) is 0 Å². The van der Waals surface area contributed by atoms with E-state index in [2.05, 4.69) is 23.7 Å². The first kappa shape index (κ1) is 19.5. The number of unbranched alkanes of at least 4 members (excludes halogenated alkanes) is 2. The van der Waals surface area contributed by atoms with Crippen LogP contribution in [0.25, 0.3) is 10.9 Å². The summed E-state index contributed by atoms with van der Waals surface area (Å²) in [5.41, 5.74) is 1.74. The quantitative estimate of drug-likeness (QED) is 0.687. The van der Waals surface area contributed by atoms with Gasteiger partial charge in [0.15, 0.2) is 9.84 Å². The number of benzene rings is 1. The third-order valence-corrected chi connectivity index (χ3v) is 5.64. The Morgan fingerprint density at radius 2 is 1.96 bits per heavy atom. The van der Waals surface area contributed by atoms with Gasteiger partial charge in [0.05, 0.1) is 5.75 Å². The van der Waals surface area contributed by atoms with Crippen LogP contribution in [0, 0.1) is 5.92 Å². The van der Waals surface area contributed by atoms with Crippen molar-refractivity contribution < 1.29 is 13.2 Å². The molecular formula is C19H28N2O3S. The number of nitrogens with one attached hydrogen (secondary N) is 1. The number of nitrogens with zero attached hydrogens (tertiary/aromatic N) is 1. The van der Waals surface area contributed by atoms with E-state index in [-0.39, 0.29) is 5.75 Å². The van der Waals surface area contributed by atoms with Gasteiger partial charge in [0.2, 0.25) is 5.91 Å². The van der Waals surface area contributed by atoms with Gasteiger partial charge in [0, 0.05) is 29.3 Å². The Balaban J connectivity index is 2.01. The lowest BCUT2D eigenvalue weighted by atomic mass is 10.2. The molecule has 1 aromatic heterocycles. The molecule has 0 aliphatic carbocycles. The van der Waals surface area contributed by atoms with Crippen molar-refractivity contribution in [2.75, 3.05) is 16.8 Å². The molecule has 25 heavy (non-hydrogen) atoms. The lowest BCUT2D eigenvalue weighted by Crippen LogP contribution is -2.24. The van der Waals surface area contributed by atoms with Gasteiger partial charge in [-0.25, -0.2) is 8.42 Å². The molecule has 1 amide bonds. The van der Waals surface area contributed by atoms with E-state index in [1.165, 1.54) is 0 Å². The fourth-order valence-corrected chi connectivity index (χ4v) is 4.13. The molecule has 138 valence electrons. The van der Waals surface area contributed by atoms with Crippen molar-refractivity contribution in [3.05, 3.63) is 30.5 Å². The number of amides is 1. The predicted octanol–water partition coefficient (Wildman–Crippen LogP) is 3.84. The maximum absolute atomic E-state index is 12.1. The van der Waals surface area contributed by atoms with Crippen LogP contribution >= 0.6 is 0 Å². The minimum absolute atomic E-state index is 0.0747. The second kappa shape index (κ2) is 8.52. The third kappa shape index (κ3) is 5.88. The average molecular weight is 365 g/mol. The molecule has 1 heterocycles. The highest BCUT2D eigenvalue weighted by molar-refractivity contribution is 7.92. The van der Waals surface area contributed by atoms with Crippen molar-refractivity contribution in [1.82, 2.24) is 4.57 Å². The Morgan fingerprint density at radius 3 is 2.64 bits per heavy atom. The van der Waals surface area contributed by atoms with Gasteiger partial charge in [-0.3, -0.25) is 4.79 Å². The van der Waals surface area contributed by atoms with Crippen molar-refractivity contribution in [3.8, 4) is 0 Å². The molecule has 2 rings (SSSR count). The van der Waals surface area contributed by atoms with Crippen LogP contribution in [0.4, 0.5) is 5.69 Å². The Hall–Kier alpha value is -1.82. The molecule has 2 aromatic rings. The molecule has 5 nitrogen and oxygen atoms in total. The minimum atomic E-state index is -3.34. The summed E-state index contributed by atoms with van der Waals surface area (Å²) in [7, 11) is -3.34. The van der Waals surface area contributed by atoms with Crippen molar-refractivity contribution in [3.63, 3.8) is 0 Å². The number of carbonyl (C=O) groups is 1. The summed E-state index contributed by atoms with van der Waals surface area (Å²) >= 11 is 0. The molecule has 1 N–H and O–H groups in total. The molecule has 0 atom stereocenters. The highest BCUT2D eigenvalue weighted by Gasteiger charge is 2.16. The second-order valence-corrected chi connectivity index (χ2v) is 9.17. The van der Waals surface area contributed by atoms with Gasteiger partial charge in [-0.1, -0.05) is 33.6 Å². The van der Waals surface area contributed by atoms with E-state index in [0.717, 1.165) is 30.3 Å². The van der Waals surface area contributed by atoms with Crippen LogP contribution in [0.3, 0.4) is 0 Å². The molecule has 0 saturated heterocycles. The normalized spacial score (nSPS) is 12.0. The van der Waals surface area contributed by atoms with E-state index in [1.807, 2.05) is 37.4 Å². The van der Waals surface area contributed by atoms with Crippen LogP contribution < -0.4 is 5.32 Å². The number of aromatic nitrogens is 1. The second-order valence-electron chi connectivity index (χ2n) is 6.98. The average Bonchev–Trinajstić information content (AvgIpc) is 2.88. The molecule has 1 aromatic carbocycles. The van der Waals surface area contributed by atoms with Crippen LogP contribution in [-0.4, -0.2) is 30.4 Å². The summed E-state index contributed by atoms with van der Waals surface area (Å²) in [6, 6.07) is 7.67. The molecule has 0 fully saturated rings. The Labute approximate surface area is 150 Å². The van der Waals surface area contributed by atoms with Crippen molar-refractivity contribution >= 4 is 32.3 Å². The summed E-state index contributed by atoms with van der Waals surface area (Å²) in [5, 5.41) is 3.73. The van der Waals surface area contributed by atoms with Gasteiger partial charge < -0.3 is 9.88 Å². The van der Waals surface area contributed by atoms with Gasteiger partial charge in [0.25, 0.3) is 0 Å². The maximum Gasteiger partial charge on any atom is 0.239 e. The zero-order valence-electron chi connectivity index (χ0n) is 15.3. The zero-order valence-corrected chi connectivity index (χ0v) is 16.1. The summed E-state index contributed by atoms with van der Waals surface area (Å²) in [6.07, 6.45) is 4.47. The van der Waals surface area contributed by atoms with Crippen molar-refractivity contribution in [1.29, 1.82) is 0 Å². The first-order valence-electron chi connectivity index (χ1n) is 8.90. The number of carbonyl (C=O) groups excluding carboxylic acids is 1. The van der Waals surface area contributed by atoms with E-state index in [0.29, 0.717) is 18.0 Å². The van der Waals surface area contributed by atoms with Crippen LogP contribution in [0.2, 0.25) is 0 Å². The van der Waals surface area contributed by atoms with E-state index in [9.17, 15) is 13.2 Å². The molecule has 0 unspecified atom stereocenters. The van der Waals surface area contributed by atoms with Crippen LogP contribution in [0.15, 0.2) is 30.5 Å². The monoisotopic (exact) mass is 364 g/mol. The number of rotatable bonds is 9. The van der Waals surface area contributed by atoms with E-state index in [1.54, 1.807) is 0 Å². The third-order valence-electron chi connectivity index (χ3n) is 4.03. The van der Waals surface area contributed by atoms with Gasteiger partial charge in [0.1, 0.15) is 5.75 Å². The largest absolute Gasteiger partial charge is 0.347 e. The topological polar surface area (TPSA) is 68.2 Å². The highest BCUT2D eigenvalue weighted by atomic mass is 32.2. The molecule has 6 heteroatoms. The number of sulfone groups is 1. The first-order valence-corrected chi connectivity index (χ1v) is 10.7. The van der Waals surface area contributed by atoms with Gasteiger partial charge in [-0.15, -0.1) is 0 Å². The molecule has 0 aliphatic rings. The number of hydrogen-bond donors (Lipinski definition) is 1. The lowest BCUT2D eigenvalue weighted by molar-refractivity contribution is -0.113. The molecule has 0 aliphatic heterocycles. The smallest absolute Gasteiger partial charge is 0.239 e. The summed E-state index contributed by atoms with van der Waals surface area (Å²) in [6.45, 7) is 7.29. The SMILES string of the molecule is CCCCCS(=O)(=O)CC(=O)Nc1ccc2c(ccn2CC(C)C)c1. The van der Waals surface area contributed by atoms with Crippen LogP contribution in [-0.2, 0) is 21.2 Å². The van der Waals surface area contributed by atoms with Crippen molar-refractivity contribution in [2.24, 2.45) is 5.92 Å². The summed E-state index contributed by atoms with van der Waals surface area (Å²) in [5.74, 6) is -0.306. The Bertz CT molecular complexity index is 822. The zero-order chi connectivity index (χ0) is 18.4. The van der Waals surface area contributed by atoms with E-state index < -0.39 is 21.5 Å². The number of fused-ring (bicyclic) bond motifs is 1. The number of anilines is 1.